The van der Waals surface area contributed by atoms with Crippen LogP contribution in [-0.4, -0.2) is 63.0 Å². The summed E-state index contributed by atoms with van der Waals surface area (Å²) in [6, 6.07) is 2.00. The lowest BCUT2D eigenvalue weighted by Crippen LogP contribution is -2.53. The number of morpholine rings is 1. The molecule has 0 aliphatic carbocycles. The van der Waals surface area contributed by atoms with Gasteiger partial charge < -0.3 is 24.5 Å². The van der Waals surface area contributed by atoms with Crippen LogP contribution in [0.1, 0.15) is 12.0 Å². The standard InChI is InChI=1S/C16H25N3O4/c20-16(17-9-13-1-5-22-11-13)18-10-15(14-2-6-23-12-14)19-3-7-21-8-4-19/h1,5,11,14-15H,2-4,6-10,12H2,(H2,17,18,20)/t14-,15-/m0/s1. The second-order valence-electron chi connectivity index (χ2n) is 6.03. The summed E-state index contributed by atoms with van der Waals surface area (Å²) in [5.74, 6) is 0.474. The quantitative estimate of drug-likeness (QED) is 0.810. The van der Waals surface area contributed by atoms with Crippen LogP contribution in [0, 0.1) is 5.92 Å². The smallest absolute Gasteiger partial charge is 0.315 e. The van der Waals surface area contributed by atoms with E-state index in [1.807, 2.05) is 6.07 Å². The molecule has 2 N–H and O–H groups in total. The Hall–Kier alpha value is -1.57. The first kappa shape index (κ1) is 16.3. The van der Waals surface area contributed by atoms with Gasteiger partial charge in [-0.15, -0.1) is 0 Å². The molecule has 2 saturated heterocycles. The largest absolute Gasteiger partial charge is 0.472 e. The number of carbonyl (C=O) groups excluding carboxylic acids is 1. The van der Waals surface area contributed by atoms with Crippen molar-refractivity contribution in [3.05, 3.63) is 24.2 Å². The Kier molecular flexibility index (Phi) is 5.90. The second-order valence-corrected chi connectivity index (χ2v) is 6.03. The highest BCUT2D eigenvalue weighted by Crippen LogP contribution is 2.21. The maximum atomic E-state index is 12.0. The Morgan fingerprint density at radius 1 is 1.26 bits per heavy atom. The molecule has 7 heteroatoms. The van der Waals surface area contributed by atoms with Crippen LogP contribution in [0.5, 0.6) is 0 Å². The first-order valence-electron chi connectivity index (χ1n) is 8.25. The van der Waals surface area contributed by atoms with Crippen LogP contribution >= 0.6 is 0 Å². The fraction of sp³-hybridized carbons (Fsp3) is 0.688. The molecule has 0 radical (unpaired) electrons. The van der Waals surface area contributed by atoms with Crippen molar-refractivity contribution in [2.24, 2.45) is 5.92 Å². The zero-order chi connectivity index (χ0) is 15.9. The lowest BCUT2D eigenvalue weighted by atomic mass is 9.97. The van der Waals surface area contributed by atoms with Crippen molar-refractivity contribution < 1.29 is 18.7 Å². The van der Waals surface area contributed by atoms with Gasteiger partial charge in [-0.25, -0.2) is 4.79 Å². The zero-order valence-corrected chi connectivity index (χ0v) is 13.3. The maximum absolute atomic E-state index is 12.0. The normalized spacial score (nSPS) is 23.6. The third kappa shape index (κ3) is 4.70. The van der Waals surface area contributed by atoms with E-state index in [4.69, 9.17) is 13.9 Å². The van der Waals surface area contributed by atoms with E-state index in [9.17, 15) is 4.79 Å². The molecule has 7 nitrogen and oxygen atoms in total. The van der Waals surface area contributed by atoms with Crippen LogP contribution in [0.15, 0.2) is 23.0 Å². The maximum Gasteiger partial charge on any atom is 0.315 e. The van der Waals surface area contributed by atoms with E-state index in [0.717, 1.165) is 51.5 Å². The summed E-state index contributed by atoms with van der Waals surface area (Å²) in [6.45, 7) is 6.05. The number of amides is 2. The minimum atomic E-state index is -0.150. The lowest BCUT2D eigenvalue weighted by molar-refractivity contribution is 0.00212. The van der Waals surface area contributed by atoms with Crippen LogP contribution in [0.2, 0.25) is 0 Å². The molecule has 1 aromatic heterocycles. The highest BCUT2D eigenvalue weighted by Gasteiger charge is 2.31. The molecule has 1 aromatic rings. The van der Waals surface area contributed by atoms with Crippen LogP contribution in [0.4, 0.5) is 4.79 Å². The molecule has 0 aromatic carbocycles. The van der Waals surface area contributed by atoms with E-state index in [2.05, 4.69) is 15.5 Å². The Balaban J connectivity index is 1.47. The molecule has 2 fully saturated rings. The molecule has 23 heavy (non-hydrogen) atoms. The molecule has 2 atom stereocenters. The van der Waals surface area contributed by atoms with Crippen molar-refractivity contribution in [2.45, 2.75) is 19.0 Å². The number of nitrogens with zero attached hydrogens (tertiary/aromatic N) is 1. The predicted octanol–water partition coefficient (Wildman–Crippen LogP) is 0.816. The molecule has 0 spiro atoms. The SMILES string of the molecule is O=C(NCc1ccoc1)NC[C@@H]([C@H]1CCOC1)N1CCOCC1. The van der Waals surface area contributed by atoms with Crippen molar-refractivity contribution in [1.29, 1.82) is 0 Å². The van der Waals surface area contributed by atoms with Gasteiger partial charge in [-0.3, -0.25) is 4.90 Å². The van der Waals surface area contributed by atoms with E-state index >= 15 is 0 Å². The van der Waals surface area contributed by atoms with Gasteiger partial charge in [-0.1, -0.05) is 0 Å². The Morgan fingerprint density at radius 2 is 2.13 bits per heavy atom. The van der Waals surface area contributed by atoms with Crippen LogP contribution in [0.3, 0.4) is 0 Å². The van der Waals surface area contributed by atoms with E-state index in [1.165, 1.54) is 0 Å². The van der Waals surface area contributed by atoms with E-state index in [0.29, 0.717) is 25.0 Å². The monoisotopic (exact) mass is 323 g/mol. The molecule has 3 rings (SSSR count). The average molecular weight is 323 g/mol. The summed E-state index contributed by atoms with van der Waals surface area (Å²) in [5.41, 5.74) is 0.953. The third-order valence-electron chi connectivity index (χ3n) is 4.53. The lowest BCUT2D eigenvalue weighted by Gasteiger charge is -2.37. The average Bonchev–Trinajstić information content (AvgIpc) is 3.28. The molecule has 3 heterocycles. The van der Waals surface area contributed by atoms with Crippen LogP contribution < -0.4 is 10.6 Å². The fourth-order valence-corrected chi connectivity index (χ4v) is 3.19. The van der Waals surface area contributed by atoms with Gasteiger partial charge >= 0.3 is 6.03 Å². The minimum Gasteiger partial charge on any atom is -0.472 e. The predicted molar refractivity (Wildman–Crippen MR) is 84.1 cm³/mol. The van der Waals surface area contributed by atoms with Crippen molar-refractivity contribution in [3.8, 4) is 0 Å². The van der Waals surface area contributed by atoms with E-state index in [1.54, 1.807) is 12.5 Å². The molecule has 0 saturated carbocycles. The van der Waals surface area contributed by atoms with Gasteiger partial charge in [0.15, 0.2) is 0 Å². The number of ether oxygens (including phenoxy) is 2. The summed E-state index contributed by atoms with van der Waals surface area (Å²) >= 11 is 0. The molecular formula is C16H25N3O4. The molecule has 128 valence electrons. The summed E-state index contributed by atoms with van der Waals surface area (Å²) in [4.78, 5) is 14.4. The first-order chi connectivity index (χ1) is 11.3. The van der Waals surface area contributed by atoms with Gasteiger partial charge in [0.1, 0.15) is 0 Å². The number of hydrogen-bond acceptors (Lipinski definition) is 5. The number of nitrogens with one attached hydrogen (secondary N) is 2. The Bertz CT molecular complexity index is 468. The van der Waals surface area contributed by atoms with Gasteiger partial charge in [-0.05, 0) is 12.5 Å². The van der Waals surface area contributed by atoms with Crippen molar-refractivity contribution in [1.82, 2.24) is 15.5 Å². The zero-order valence-electron chi connectivity index (χ0n) is 13.3. The van der Waals surface area contributed by atoms with Crippen molar-refractivity contribution >= 4 is 6.03 Å². The number of carbonyl (C=O) groups is 1. The number of urea groups is 1. The summed E-state index contributed by atoms with van der Waals surface area (Å²) in [7, 11) is 0. The number of rotatable bonds is 6. The molecule has 2 aliphatic heterocycles. The summed E-state index contributed by atoms with van der Waals surface area (Å²) < 4.78 is 16.0. The van der Waals surface area contributed by atoms with E-state index < -0.39 is 0 Å². The molecule has 2 amide bonds. The third-order valence-corrected chi connectivity index (χ3v) is 4.53. The fourth-order valence-electron chi connectivity index (χ4n) is 3.19. The highest BCUT2D eigenvalue weighted by atomic mass is 16.5. The van der Waals surface area contributed by atoms with Crippen LogP contribution in [0.25, 0.3) is 0 Å². The summed E-state index contributed by atoms with van der Waals surface area (Å²) in [6.07, 6.45) is 4.29. The van der Waals surface area contributed by atoms with Crippen molar-refractivity contribution in [3.63, 3.8) is 0 Å². The van der Waals surface area contributed by atoms with Gasteiger partial charge in [0, 0.05) is 50.3 Å². The Labute approximate surface area is 136 Å². The van der Waals surface area contributed by atoms with Crippen molar-refractivity contribution in [2.75, 3.05) is 46.1 Å². The van der Waals surface area contributed by atoms with Gasteiger partial charge in [0.2, 0.25) is 0 Å². The molecule has 0 bridgehead atoms. The first-order valence-corrected chi connectivity index (χ1v) is 8.25. The van der Waals surface area contributed by atoms with Crippen LogP contribution in [-0.2, 0) is 16.0 Å². The Morgan fingerprint density at radius 3 is 2.83 bits per heavy atom. The van der Waals surface area contributed by atoms with Gasteiger partial charge in [0.05, 0.1) is 32.3 Å². The second kappa shape index (κ2) is 8.33. The molecule has 0 unspecified atom stereocenters. The molecular weight excluding hydrogens is 298 g/mol. The topological polar surface area (TPSA) is 76.0 Å². The molecule has 2 aliphatic rings. The van der Waals surface area contributed by atoms with Gasteiger partial charge in [-0.2, -0.15) is 0 Å². The summed E-state index contributed by atoms with van der Waals surface area (Å²) in [5, 5.41) is 5.85. The highest BCUT2D eigenvalue weighted by molar-refractivity contribution is 5.73. The van der Waals surface area contributed by atoms with E-state index in [-0.39, 0.29) is 6.03 Å². The number of hydrogen-bond donors (Lipinski definition) is 2. The minimum absolute atomic E-state index is 0.150. The van der Waals surface area contributed by atoms with Gasteiger partial charge in [0.25, 0.3) is 0 Å². The number of furan rings is 1.